The highest BCUT2D eigenvalue weighted by Gasteiger charge is 2.38. The quantitative estimate of drug-likeness (QED) is 0.248. The zero-order valence-corrected chi connectivity index (χ0v) is 30.4. The van der Waals surface area contributed by atoms with Gasteiger partial charge in [-0.3, -0.25) is 38.5 Å². The first-order valence-corrected chi connectivity index (χ1v) is 19.6. The lowest BCUT2D eigenvalue weighted by molar-refractivity contribution is -0.136. The summed E-state index contributed by atoms with van der Waals surface area (Å²) in [6, 6.07) is 11.5. The van der Waals surface area contributed by atoms with Gasteiger partial charge in [-0.25, -0.2) is 18.2 Å². The van der Waals surface area contributed by atoms with Gasteiger partial charge in [0, 0.05) is 37.9 Å². The number of aromatic nitrogens is 2. The second-order valence-electron chi connectivity index (χ2n) is 14.7. The topological polar surface area (TPSA) is 183 Å². The highest BCUT2D eigenvalue weighted by molar-refractivity contribution is 7.92. The van der Waals surface area contributed by atoms with Crippen LogP contribution in [0, 0.1) is 5.82 Å². The molecule has 5 heterocycles. The molecule has 4 aliphatic rings. The number of aryl methyl sites for hydroxylation is 1. The Hall–Kier alpha value is -5.29. The van der Waals surface area contributed by atoms with Gasteiger partial charge in [0.25, 0.3) is 5.91 Å². The summed E-state index contributed by atoms with van der Waals surface area (Å²) in [4.78, 5) is 66.8. The van der Waals surface area contributed by atoms with Crippen LogP contribution in [0.15, 0.2) is 47.3 Å². The third-order valence-corrected chi connectivity index (χ3v) is 12.8. The standard InChI is InChI=1S/C37H40FN7O8S/c1-41-29-16-23(5-7-27(29)45(37(41)51)28-8-9-31(47)39-36(28)50)21-10-13-42(14-11-21)20-33(49)43-12-2-3-24(18-43)22-4-6-26-25(15-22)17-30(46)35(34(26)38)44-19-32(48)40-54(44,52)53/h4-7,15-17,21,24,28,46H,2-3,8-14,18-20H2,1H3,(H,40,48)(H,39,47,50). The van der Waals surface area contributed by atoms with Crippen LogP contribution < -0.4 is 20.0 Å². The van der Waals surface area contributed by atoms with Gasteiger partial charge in [0.2, 0.25) is 17.7 Å². The van der Waals surface area contributed by atoms with Crippen LogP contribution >= 0.6 is 0 Å². The monoisotopic (exact) mass is 761 g/mol. The van der Waals surface area contributed by atoms with Crippen LogP contribution in [0.4, 0.5) is 10.1 Å². The molecule has 3 N–H and O–H groups in total. The Morgan fingerprint density at radius 2 is 1.65 bits per heavy atom. The lowest BCUT2D eigenvalue weighted by Gasteiger charge is -2.36. The second kappa shape index (κ2) is 13.5. The fraction of sp³-hybridized carbons (Fsp3) is 0.432. The molecule has 1 aromatic heterocycles. The minimum atomic E-state index is -4.32. The van der Waals surface area contributed by atoms with Crippen molar-refractivity contribution >= 4 is 61.3 Å². The van der Waals surface area contributed by atoms with E-state index in [9.17, 15) is 37.5 Å². The van der Waals surface area contributed by atoms with E-state index in [2.05, 4.69) is 10.2 Å². The second-order valence-corrected chi connectivity index (χ2v) is 16.3. The molecule has 2 unspecified atom stereocenters. The number of benzene rings is 3. The molecule has 284 valence electrons. The summed E-state index contributed by atoms with van der Waals surface area (Å²) in [7, 11) is -2.63. The fourth-order valence-corrected chi connectivity index (χ4v) is 9.71. The van der Waals surface area contributed by atoms with E-state index in [0.717, 1.165) is 55.4 Å². The van der Waals surface area contributed by atoms with E-state index in [-0.39, 0.29) is 54.1 Å². The highest BCUT2D eigenvalue weighted by Crippen LogP contribution is 2.40. The number of imide groups is 1. The number of carbonyl (C=O) groups is 4. The van der Waals surface area contributed by atoms with Crippen molar-refractivity contribution in [3.05, 3.63) is 69.9 Å². The number of amides is 4. The first-order chi connectivity index (χ1) is 25.8. The third kappa shape index (κ3) is 6.28. The van der Waals surface area contributed by atoms with Gasteiger partial charge >= 0.3 is 15.9 Å². The number of nitrogens with zero attached hydrogens (tertiary/aromatic N) is 5. The summed E-state index contributed by atoms with van der Waals surface area (Å²) in [6.07, 6.45) is 3.74. The average Bonchev–Trinajstić information content (AvgIpc) is 3.56. The molecule has 0 spiro atoms. The molecule has 2 atom stereocenters. The van der Waals surface area contributed by atoms with Crippen molar-refractivity contribution in [3.8, 4) is 5.75 Å². The maximum atomic E-state index is 15.6. The van der Waals surface area contributed by atoms with Gasteiger partial charge in [-0.05, 0) is 85.8 Å². The molecule has 4 aromatic rings. The third-order valence-electron chi connectivity index (χ3n) is 11.4. The Morgan fingerprint density at radius 3 is 2.37 bits per heavy atom. The minimum absolute atomic E-state index is 0.0146. The van der Waals surface area contributed by atoms with E-state index in [4.69, 9.17) is 0 Å². The van der Waals surface area contributed by atoms with Crippen molar-refractivity contribution in [2.75, 3.05) is 43.6 Å². The molecule has 15 nitrogen and oxygen atoms in total. The van der Waals surface area contributed by atoms with Crippen molar-refractivity contribution < 1.29 is 37.1 Å². The predicted octanol–water partition coefficient (Wildman–Crippen LogP) is 2.08. The Labute approximate surface area is 309 Å². The molecular formula is C37H40FN7O8S. The van der Waals surface area contributed by atoms with Gasteiger partial charge in [0.1, 0.15) is 24.0 Å². The number of anilines is 1. The van der Waals surface area contributed by atoms with E-state index in [0.29, 0.717) is 28.3 Å². The van der Waals surface area contributed by atoms with Crippen molar-refractivity contribution in [3.63, 3.8) is 0 Å². The number of carbonyl (C=O) groups excluding carboxylic acids is 4. The summed E-state index contributed by atoms with van der Waals surface area (Å²) >= 11 is 0. The van der Waals surface area contributed by atoms with Crippen LogP contribution in [0.2, 0.25) is 0 Å². The summed E-state index contributed by atoms with van der Waals surface area (Å²) in [5.74, 6) is -2.91. The van der Waals surface area contributed by atoms with Gasteiger partial charge in [0.15, 0.2) is 5.82 Å². The molecule has 4 amide bonds. The number of imidazole rings is 1. The van der Waals surface area contributed by atoms with Crippen molar-refractivity contribution in [2.45, 2.75) is 56.4 Å². The maximum Gasteiger partial charge on any atom is 0.329 e. The molecule has 0 radical (unpaired) electrons. The lowest BCUT2D eigenvalue weighted by atomic mass is 9.88. The van der Waals surface area contributed by atoms with E-state index < -0.39 is 51.9 Å². The largest absolute Gasteiger partial charge is 0.506 e. The Balaban J connectivity index is 0.904. The number of halogens is 1. The lowest BCUT2D eigenvalue weighted by Crippen LogP contribution is -2.46. The number of hydrogen-bond donors (Lipinski definition) is 3. The Kier molecular flexibility index (Phi) is 8.95. The molecule has 4 saturated heterocycles. The molecule has 3 aromatic carbocycles. The Bertz CT molecular complexity index is 2420. The van der Waals surface area contributed by atoms with Gasteiger partial charge in [-0.1, -0.05) is 24.3 Å². The molecular weight excluding hydrogens is 722 g/mol. The van der Waals surface area contributed by atoms with Crippen LogP contribution in [0.25, 0.3) is 21.8 Å². The number of rotatable bonds is 6. The number of fused-ring (bicyclic) bond motifs is 2. The highest BCUT2D eigenvalue weighted by atomic mass is 32.2. The van der Waals surface area contributed by atoms with Gasteiger partial charge in [0.05, 0.1) is 17.6 Å². The molecule has 0 bridgehead atoms. The summed E-state index contributed by atoms with van der Waals surface area (Å²) < 4.78 is 45.6. The van der Waals surface area contributed by atoms with E-state index in [1.165, 1.54) is 16.7 Å². The van der Waals surface area contributed by atoms with Crippen LogP contribution in [-0.4, -0.2) is 95.4 Å². The van der Waals surface area contributed by atoms with Gasteiger partial charge in [-0.15, -0.1) is 0 Å². The number of nitrogens with one attached hydrogen (secondary N) is 2. The van der Waals surface area contributed by atoms with Crippen molar-refractivity contribution in [1.82, 2.24) is 29.0 Å². The van der Waals surface area contributed by atoms with Gasteiger partial charge in [-0.2, -0.15) is 8.42 Å². The van der Waals surface area contributed by atoms with Crippen molar-refractivity contribution in [1.29, 1.82) is 0 Å². The summed E-state index contributed by atoms with van der Waals surface area (Å²) in [5.41, 5.74) is 2.46. The number of phenols is 1. The molecule has 8 rings (SSSR count). The van der Waals surface area contributed by atoms with E-state index in [1.807, 2.05) is 23.1 Å². The van der Waals surface area contributed by atoms with Crippen molar-refractivity contribution in [2.24, 2.45) is 7.05 Å². The van der Waals surface area contributed by atoms with E-state index in [1.54, 1.807) is 28.5 Å². The molecule has 54 heavy (non-hydrogen) atoms. The molecule has 17 heteroatoms. The SMILES string of the molecule is Cn1c(=O)n(C2CCC(=O)NC2=O)c2ccc(C3CCN(CC(=O)N4CCCC(c5ccc6c(F)c(N7CC(=O)NS7(=O)=O)c(O)cc6c5)C4)CC3)cc21. The van der Waals surface area contributed by atoms with Crippen LogP contribution in [0.1, 0.15) is 67.5 Å². The molecule has 0 aliphatic carbocycles. The molecule has 4 fully saturated rings. The first kappa shape index (κ1) is 35.7. The zero-order valence-electron chi connectivity index (χ0n) is 29.6. The summed E-state index contributed by atoms with van der Waals surface area (Å²) in [6.45, 7) is 2.23. The van der Waals surface area contributed by atoms with Crippen LogP contribution in [-0.2, 0) is 36.4 Å². The van der Waals surface area contributed by atoms with Gasteiger partial charge < -0.3 is 10.0 Å². The fourth-order valence-electron chi connectivity index (χ4n) is 8.55. The first-order valence-electron chi connectivity index (χ1n) is 18.1. The number of aromatic hydroxyl groups is 1. The zero-order chi connectivity index (χ0) is 38.1. The molecule has 4 aliphatic heterocycles. The number of hydrogen-bond acceptors (Lipinski definition) is 9. The number of phenolic OH excluding ortho intramolecular Hbond substituents is 1. The summed E-state index contributed by atoms with van der Waals surface area (Å²) in [5, 5.41) is 13.5. The predicted molar refractivity (Wildman–Crippen MR) is 196 cm³/mol. The number of piperidine rings is 3. The maximum absolute atomic E-state index is 15.6. The normalized spacial score (nSPS) is 22.6. The van der Waals surface area contributed by atoms with E-state index >= 15 is 4.39 Å². The average molecular weight is 762 g/mol. The van der Waals surface area contributed by atoms with Crippen LogP contribution in [0.5, 0.6) is 5.75 Å². The van der Waals surface area contributed by atoms with Crippen LogP contribution in [0.3, 0.4) is 0 Å². The molecule has 0 saturated carbocycles. The smallest absolute Gasteiger partial charge is 0.329 e. The minimum Gasteiger partial charge on any atom is -0.506 e. The number of likely N-dealkylation sites (tertiary alicyclic amines) is 2. The Morgan fingerprint density at radius 1 is 0.907 bits per heavy atom.